The average Bonchev–Trinajstić information content (AvgIpc) is 2.45. The van der Waals surface area contributed by atoms with Crippen molar-refractivity contribution in [3.8, 4) is 0 Å². The minimum Gasteiger partial charge on any atom is -0.311 e. The lowest BCUT2D eigenvalue weighted by atomic mass is 10.1. The third-order valence-electron chi connectivity index (χ3n) is 3.55. The Kier molecular flexibility index (Phi) is 2.60. The average molecular weight is 217 g/mol. The van der Waals surface area contributed by atoms with Gasteiger partial charge in [0.15, 0.2) is 9.84 Å². The first kappa shape index (κ1) is 10.4. The fraction of sp³-hybridized carbons (Fsp3) is 1.00. The fourth-order valence-electron chi connectivity index (χ4n) is 2.66. The lowest BCUT2D eigenvalue weighted by molar-refractivity contribution is 0.399. The van der Waals surface area contributed by atoms with E-state index in [4.69, 9.17) is 0 Å². The van der Waals surface area contributed by atoms with E-state index >= 15 is 0 Å². The molecule has 0 unspecified atom stereocenters. The van der Waals surface area contributed by atoms with E-state index in [0.717, 1.165) is 25.7 Å². The molecule has 2 bridgehead atoms. The molecule has 0 radical (unpaired) electrons. The summed E-state index contributed by atoms with van der Waals surface area (Å²) in [6.07, 6.45) is 3.98. The van der Waals surface area contributed by atoms with Gasteiger partial charge in [0.1, 0.15) is 0 Å². The van der Waals surface area contributed by atoms with Crippen molar-refractivity contribution >= 4 is 9.84 Å². The first-order valence-corrected chi connectivity index (χ1v) is 7.10. The number of hydrogen-bond donors (Lipinski definition) is 1. The van der Waals surface area contributed by atoms with Crippen LogP contribution in [0.5, 0.6) is 0 Å². The molecule has 2 heterocycles. The van der Waals surface area contributed by atoms with Gasteiger partial charge >= 0.3 is 0 Å². The van der Waals surface area contributed by atoms with Gasteiger partial charge in [-0.15, -0.1) is 0 Å². The van der Waals surface area contributed by atoms with Crippen LogP contribution in [0.1, 0.15) is 39.5 Å². The molecule has 0 aromatic heterocycles. The van der Waals surface area contributed by atoms with Crippen LogP contribution in [0, 0.1) is 0 Å². The number of sulfone groups is 1. The number of nitrogens with one attached hydrogen (secondary N) is 1. The summed E-state index contributed by atoms with van der Waals surface area (Å²) >= 11 is 0. The molecule has 1 N–H and O–H groups in total. The lowest BCUT2D eigenvalue weighted by Crippen LogP contribution is -2.45. The summed E-state index contributed by atoms with van der Waals surface area (Å²) in [5.74, 6) is 0. The highest BCUT2D eigenvalue weighted by Crippen LogP contribution is 2.31. The maximum absolute atomic E-state index is 12.0. The molecule has 2 fully saturated rings. The minimum absolute atomic E-state index is 0.0822. The van der Waals surface area contributed by atoms with Crippen molar-refractivity contribution in [1.82, 2.24) is 5.32 Å². The Morgan fingerprint density at radius 2 is 1.64 bits per heavy atom. The predicted octanol–water partition coefficient (Wildman–Crippen LogP) is 1.09. The molecule has 3 nitrogen and oxygen atoms in total. The van der Waals surface area contributed by atoms with Gasteiger partial charge < -0.3 is 5.32 Å². The van der Waals surface area contributed by atoms with Gasteiger partial charge in [0.05, 0.1) is 10.5 Å². The zero-order chi connectivity index (χ0) is 10.3. The Morgan fingerprint density at radius 3 is 2.07 bits per heavy atom. The highest BCUT2D eigenvalue weighted by atomic mass is 32.2. The molecule has 2 aliphatic heterocycles. The van der Waals surface area contributed by atoms with Gasteiger partial charge in [-0.05, 0) is 39.5 Å². The molecule has 0 spiro atoms. The molecule has 0 aromatic rings. The van der Waals surface area contributed by atoms with E-state index in [1.165, 1.54) is 0 Å². The molecule has 2 atom stereocenters. The maximum Gasteiger partial charge on any atom is 0.155 e. The van der Waals surface area contributed by atoms with Gasteiger partial charge in [-0.3, -0.25) is 0 Å². The Balaban J connectivity index is 2.13. The van der Waals surface area contributed by atoms with Crippen LogP contribution in [0.2, 0.25) is 0 Å². The summed E-state index contributed by atoms with van der Waals surface area (Å²) in [7, 11) is -2.87. The summed E-state index contributed by atoms with van der Waals surface area (Å²) in [4.78, 5) is 0. The van der Waals surface area contributed by atoms with Crippen molar-refractivity contribution in [2.24, 2.45) is 0 Å². The zero-order valence-electron chi connectivity index (χ0n) is 8.86. The van der Waals surface area contributed by atoms with Crippen LogP contribution in [-0.2, 0) is 9.84 Å². The first-order valence-electron chi connectivity index (χ1n) is 5.49. The SMILES string of the molecule is CC(C)S(=O)(=O)C1C[C@@H]2CC[C@@H](C1)N2. The Bertz CT molecular complexity index is 298. The molecule has 2 rings (SSSR count). The van der Waals surface area contributed by atoms with Crippen LogP contribution < -0.4 is 5.32 Å². The minimum atomic E-state index is -2.87. The van der Waals surface area contributed by atoms with Gasteiger partial charge in [0.25, 0.3) is 0 Å². The van der Waals surface area contributed by atoms with Crippen molar-refractivity contribution in [1.29, 1.82) is 0 Å². The molecule has 2 aliphatic rings. The normalized spacial score (nSPS) is 37.8. The summed E-state index contributed by atoms with van der Waals surface area (Å²) in [5.41, 5.74) is 0. The lowest BCUT2D eigenvalue weighted by Gasteiger charge is -2.29. The number of rotatable bonds is 2. The van der Waals surface area contributed by atoms with Crippen molar-refractivity contribution in [3.63, 3.8) is 0 Å². The standard InChI is InChI=1S/C10H19NO2S/c1-7(2)14(12,13)10-5-8-3-4-9(6-10)11-8/h7-11H,3-6H2,1-2H3/t8-,9-/m0/s1. The molecule has 14 heavy (non-hydrogen) atoms. The molecule has 0 saturated carbocycles. The van der Waals surface area contributed by atoms with E-state index in [0.29, 0.717) is 12.1 Å². The molecule has 0 aromatic carbocycles. The summed E-state index contributed by atoms with van der Waals surface area (Å²) in [5, 5.41) is 3.17. The maximum atomic E-state index is 12.0. The molecular formula is C10H19NO2S. The van der Waals surface area contributed by atoms with Crippen molar-refractivity contribution < 1.29 is 8.42 Å². The third kappa shape index (κ3) is 1.70. The van der Waals surface area contributed by atoms with Crippen LogP contribution in [0.4, 0.5) is 0 Å². The monoisotopic (exact) mass is 217 g/mol. The Morgan fingerprint density at radius 1 is 1.14 bits per heavy atom. The van der Waals surface area contributed by atoms with Gasteiger partial charge in [-0.25, -0.2) is 8.42 Å². The summed E-state index contributed by atoms with van der Waals surface area (Å²) in [6, 6.07) is 0.930. The number of piperidine rings is 1. The van der Waals surface area contributed by atoms with E-state index in [9.17, 15) is 8.42 Å². The van der Waals surface area contributed by atoms with E-state index < -0.39 is 9.84 Å². The van der Waals surface area contributed by atoms with E-state index in [-0.39, 0.29) is 10.5 Å². The number of fused-ring (bicyclic) bond motifs is 2. The Hall–Kier alpha value is -0.0900. The Labute approximate surface area is 86.2 Å². The van der Waals surface area contributed by atoms with Crippen LogP contribution in [-0.4, -0.2) is 31.0 Å². The smallest absolute Gasteiger partial charge is 0.155 e. The van der Waals surface area contributed by atoms with Crippen LogP contribution in [0.3, 0.4) is 0 Å². The molecule has 4 heteroatoms. The summed E-state index contributed by atoms with van der Waals surface area (Å²) < 4.78 is 24.0. The number of hydrogen-bond acceptors (Lipinski definition) is 3. The van der Waals surface area contributed by atoms with Gasteiger partial charge in [0, 0.05) is 12.1 Å². The van der Waals surface area contributed by atoms with Crippen molar-refractivity contribution in [2.75, 3.05) is 0 Å². The molecule has 82 valence electrons. The van der Waals surface area contributed by atoms with Gasteiger partial charge in [-0.1, -0.05) is 0 Å². The highest BCUT2D eigenvalue weighted by molar-refractivity contribution is 7.92. The van der Waals surface area contributed by atoms with Gasteiger partial charge in [0.2, 0.25) is 0 Å². The largest absolute Gasteiger partial charge is 0.311 e. The van der Waals surface area contributed by atoms with Crippen molar-refractivity contribution in [3.05, 3.63) is 0 Å². The first-order chi connectivity index (χ1) is 6.50. The van der Waals surface area contributed by atoms with E-state index in [2.05, 4.69) is 5.32 Å². The quantitative estimate of drug-likeness (QED) is 0.753. The zero-order valence-corrected chi connectivity index (χ0v) is 9.68. The fourth-order valence-corrected chi connectivity index (χ4v) is 4.43. The van der Waals surface area contributed by atoms with Gasteiger partial charge in [-0.2, -0.15) is 0 Å². The second-order valence-corrected chi connectivity index (χ2v) is 7.66. The molecule has 0 aliphatic carbocycles. The van der Waals surface area contributed by atoms with Crippen molar-refractivity contribution in [2.45, 2.75) is 62.1 Å². The third-order valence-corrected chi connectivity index (χ3v) is 6.18. The van der Waals surface area contributed by atoms with Crippen LogP contribution >= 0.6 is 0 Å². The second-order valence-electron chi connectivity index (χ2n) is 4.87. The molecule has 0 amide bonds. The topological polar surface area (TPSA) is 46.2 Å². The molecular weight excluding hydrogens is 198 g/mol. The van der Waals surface area contributed by atoms with E-state index in [1.807, 2.05) is 0 Å². The van der Waals surface area contributed by atoms with E-state index in [1.54, 1.807) is 13.8 Å². The second kappa shape index (κ2) is 3.49. The molecule has 2 saturated heterocycles. The van der Waals surface area contributed by atoms with Crippen LogP contribution in [0.15, 0.2) is 0 Å². The van der Waals surface area contributed by atoms with Crippen LogP contribution in [0.25, 0.3) is 0 Å². The predicted molar refractivity (Wildman–Crippen MR) is 57.0 cm³/mol. The summed E-state index contributed by atoms with van der Waals surface area (Å²) in [6.45, 7) is 3.58. The highest BCUT2D eigenvalue weighted by Gasteiger charge is 2.40.